The van der Waals surface area contributed by atoms with Crippen LogP contribution in [0.1, 0.15) is 45.8 Å². The largest absolute Gasteiger partial charge is 0.392 e. The third-order valence-corrected chi connectivity index (χ3v) is 6.55. The Kier molecular flexibility index (Phi) is 4.86. The quantitative estimate of drug-likeness (QED) is 0.855. The van der Waals surface area contributed by atoms with Gasteiger partial charge in [-0.05, 0) is 36.6 Å². The number of thioether (sulfide) groups is 1. The lowest BCUT2D eigenvalue weighted by atomic mass is 10.2. The predicted molar refractivity (Wildman–Crippen MR) is 94.3 cm³/mol. The summed E-state index contributed by atoms with van der Waals surface area (Å²) in [5.74, 6) is 2.33. The second kappa shape index (κ2) is 6.67. The molecule has 0 radical (unpaired) electrons. The van der Waals surface area contributed by atoms with Crippen LogP contribution >= 0.6 is 35.3 Å². The lowest BCUT2D eigenvalue weighted by molar-refractivity contribution is 0.0719. The molecule has 1 fully saturated rings. The second-order valence-electron chi connectivity index (χ2n) is 5.70. The van der Waals surface area contributed by atoms with Crippen LogP contribution in [0.5, 0.6) is 0 Å². The Balaban J connectivity index is 1.82. The third kappa shape index (κ3) is 3.43. The number of thiophene rings is 1. The molecule has 0 aromatic carbocycles. The van der Waals surface area contributed by atoms with Crippen LogP contribution in [0.4, 0.5) is 0 Å². The van der Waals surface area contributed by atoms with Crippen LogP contribution in [0.25, 0.3) is 0 Å². The van der Waals surface area contributed by atoms with Gasteiger partial charge in [-0.25, -0.2) is 0 Å². The molecule has 0 unspecified atom stereocenters. The standard InChI is InChI=1S/C15H20N2OS3/c16-14(19)8-17(11-3-1-2-4-11)15(18)13-7-10-9-20-6-5-12(10)21-13/h7,11H,1-6,8-9H2,(H2,16,19). The molecule has 114 valence electrons. The summed E-state index contributed by atoms with van der Waals surface area (Å²) in [6, 6.07) is 2.41. The summed E-state index contributed by atoms with van der Waals surface area (Å²) < 4.78 is 0. The molecule has 1 aromatic heterocycles. The predicted octanol–water partition coefficient (Wildman–Crippen LogP) is 3.21. The van der Waals surface area contributed by atoms with Crippen molar-refractivity contribution < 1.29 is 4.79 Å². The molecule has 3 rings (SSSR count). The van der Waals surface area contributed by atoms with Gasteiger partial charge in [0.2, 0.25) is 0 Å². The molecule has 1 saturated carbocycles. The maximum absolute atomic E-state index is 12.9. The Bertz CT molecular complexity index is 526. The van der Waals surface area contributed by atoms with Gasteiger partial charge in [-0.1, -0.05) is 25.1 Å². The second-order valence-corrected chi connectivity index (χ2v) is 8.47. The van der Waals surface area contributed by atoms with Crippen molar-refractivity contribution in [3.05, 3.63) is 21.4 Å². The first kappa shape index (κ1) is 15.3. The third-order valence-electron chi connectivity index (χ3n) is 4.19. The monoisotopic (exact) mass is 340 g/mol. The maximum Gasteiger partial charge on any atom is 0.264 e. The smallest absolute Gasteiger partial charge is 0.264 e. The number of thiocarbonyl (C=S) groups is 1. The molecule has 0 spiro atoms. The summed E-state index contributed by atoms with van der Waals surface area (Å²) >= 11 is 8.66. The first-order chi connectivity index (χ1) is 10.1. The first-order valence-electron chi connectivity index (χ1n) is 7.44. The zero-order valence-corrected chi connectivity index (χ0v) is 14.4. The van der Waals surface area contributed by atoms with E-state index in [1.807, 2.05) is 16.7 Å². The molecular formula is C15H20N2OS3. The molecule has 0 atom stereocenters. The average molecular weight is 341 g/mol. The summed E-state index contributed by atoms with van der Waals surface area (Å²) in [6.45, 7) is 0.413. The molecule has 1 aliphatic carbocycles. The zero-order chi connectivity index (χ0) is 14.8. The molecule has 2 N–H and O–H groups in total. The molecule has 2 heterocycles. The molecule has 1 aromatic rings. The molecular weight excluding hydrogens is 320 g/mol. The Morgan fingerprint density at radius 3 is 2.86 bits per heavy atom. The van der Waals surface area contributed by atoms with E-state index in [4.69, 9.17) is 18.0 Å². The minimum atomic E-state index is 0.124. The Morgan fingerprint density at radius 1 is 1.43 bits per heavy atom. The van der Waals surface area contributed by atoms with Crippen LogP contribution < -0.4 is 5.73 Å². The molecule has 6 heteroatoms. The molecule has 1 aliphatic heterocycles. The normalized spacial score (nSPS) is 18.5. The van der Waals surface area contributed by atoms with Gasteiger partial charge >= 0.3 is 0 Å². The molecule has 2 aliphatic rings. The van der Waals surface area contributed by atoms with Crippen LogP contribution in [0.15, 0.2) is 6.07 Å². The van der Waals surface area contributed by atoms with Crippen molar-refractivity contribution >= 4 is 46.2 Å². The lowest BCUT2D eigenvalue weighted by Crippen LogP contribution is -2.43. The van der Waals surface area contributed by atoms with Crippen molar-refractivity contribution in [3.8, 4) is 0 Å². The highest BCUT2D eigenvalue weighted by Crippen LogP contribution is 2.33. The number of rotatable bonds is 4. The van der Waals surface area contributed by atoms with E-state index in [9.17, 15) is 4.79 Å². The van der Waals surface area contributed by atoms with Gasteiger partial charge in [0.1, 0.15) is 0 Å². The fourth-order valence-electron chi connectivity index (χ4n) is 3.14. The van der Waals surface area contributed by atoms with Crippen molar-refractivity contribution in [3.63, 3.8) is 0 Å². The number of nitrogens with two attached hydrogens (primary N) is 1. The number of carbonyl (C=O) groups is 1. The minimum absolute atomic E-state index is 0.124. The summed E-state index contributed by atoms with van der Waals surface area (Å²) in [5.41, 5.74) is 7.06. The van der Waals surface area contributed by atoms with E-state index >= 15 is 0 Å². The van der Waals surface area contributed by atoms with Crippen LogP contribution in [0.3, 0.4) is 0 Å². The molecule has 0 bridgehead atoms. The van der Waals surface area contributed by atoms with E-state index in [2.05, 4.69) is 6.07 Å². The van der Waals surface area contributed by atoms with Crippen molar-refractivity contribution in [2.45, 2.75) is 43.9 Å². The van der Waals surface area contributed by atoms with Crippen LogP contribution in [0.2, 0.25) is 0 Å². The van der Waals surface area contributed by atoms with Crippen molar-refractivity contribution in [2.24, 2.45) is 5.73 Å². The SMILES string of the molecule is NC(=S)CN(C(=O)c1cc2c(s1)CCSC2)C1CCCC1. The fourth-order valence-corrected chi connectivity index (χ4v) is 5.61. The van der Waals surface area contributed by atoms with Crippen LogP contribution in [-0.2, 0) is 12.2 Å². The number of fused-ring (bicyclic) bond motifs is 1. The number of carbonyl (C=O) groups excluding carboxylic acids is 1. The van der Waals surface area contributed by atoms with Gasteiger partial charge in [-0.15, -0.1) is 11.3 Å². The number of aryl methyl sites for hydroxylation is 1. The number of hydrogen-bond donors (Lipinski definition) is 1. The Labute approximate surface area is 139 Å². The topological polar surface area (TPSA) is 46.3 Å². The minimum Gasteiger partial charge on any atom is -0.392 e. The number of nitrogens with zero attached hydrogens (tertiary/aromatic N) is 1. The van der Waals surface area contributed by atoms with Crippen molar-refractivity contribution in [1.82, 2.24) is 4.90 Å². The lowest BCUT2D eigenvalue weighted by Gasteiger charge is -2.28. The van der Waals surface area contributed by atoms with E-state index in [1.165, 1.54) is 29.0 Å². The Hall–Kier alpha value is -0.590. The summed E-state index contributed by atoms with van der Waals surface area (Å²) in [4.78, 5) is 17.5. The average Bonchev–Trinajstić information content (AvgIpc) is 3.12. The van der Waals surface area contributed by atoms with E-state index in [-0.39, 0.29) is 5.91 Å². The van der Waals surface area contributed by atoms with Crippen LogP contribution in [0, 0.1) is 0 Å². The van der Waals surface area contributed by atoms with E-state index in [0.29, 0.717) is 17.6 Å². The maximum atomic E-state index is 12.9. The zero-order valence-electron chi connectivity index (χ0n) is 12.0. The van der Waals surface area contributed by atoms with Gasteiger partial charge in [0.25, 0.3) is 5.91 Å². The number of amides is 1. The van der Waals surface area contributed by atoms with E-state index in [0.717, 1.165) is 29.9 Å². The van der Waals surface area contributed by atoms with Crippen molar-refractivity contribution in [1.29, 1.82) is 0 Å². The van der Waals surface area contributed by atoms with Crippen molar-refractivity contribution in [2.75, 3.05) is 12.3 Å². The first-order valence-corrected chi connectivity index (χ1v) is 9.81. The molecule has 3 nitrogen and oxygen atoms in total. The van der Waals surface area contributed by atoms with E-state index in [1.54, 1.807) is 11.3 Å². The number of hydrogen-bond acceptors (Lipinski definition) is 4. The highest BCUT2D eigenvalue weighted by Gasteiger charge is 2.29. The summed E-state index contributed by atoms with van der Waals surface area (Å²) in [7, 11) is 0. The highest BCUT2D eigenvalue weighted by molar-refractivity contribution is 7.98. The summed E-state index contributed by atoms with van der Waals surface area (Å²) in [6.07, 6.45) is 5.65. The van der Waals surface area contributed by atoms with Gasteiger partial charge in [0.05, 0.1) is 16.4 Å². The van der Waals surface area contributed by atoms with Gasteiger partial charge in [-0.2, -0.15) is 11.8 Å². The van der Waals surface area contributed by atoms with Gasteiger partial charge < -0.3 is 10.6 Å². The molecule has 21 heavy (non-hydrogen) atoms. The molecule has 1 amide bonds. The summed E-state index contributed by atoms with van der Waals surface area (Å²) in [5, 5.41) is 0. The van der Waals surface area contributed by atoms with E-state index < -0.39 is 0 Å². The fraction of sp³-hybridized carbons (Fsp3) is 0.600. The highest BCUT2D eigenvalue weighted by atomic mass is 32.2. The van der Waals surface area contributed by atoms with Gasteiger partial charge in [0, 0.05) is 16.7 Å². The van der Waals surface area contributed by atoms with Gasteiger partial charge in [-0.3, -0.25) is 4.79 Å². The van der Waals surface area contributed by atoms with Crippen LogP contribution in [-0.4, -0.2) is 34.1 Å². The Morgan fingerprint density at radius 2 is 2.19 bits per heavy atom. The molecule has 0 saturated heterocycles. The van der Waals surface area contributed by atoms with Gasteiger partial charge in [0.15, 0.2) is 0 Å².